The molecular formula is C11H9O. The van der Waals surface area contributed by atoms with Gasteiger partial charge < -0.3 is 4.42 Å². The van der Waals surface area contributed by atoms with Crippen LogP contribution in [0.1, 0.15) is 5.56 Å². The molecule has 0 amide bonds. The molecule has 1 radical (unpaired) electrons. The Labute approximate surface area is 71.6 Å². The van der Waals surface area contributed by atoms with Gasteiger partial charge in [0.2, 0.25) is 0 Å². The van der Waals surface area contributed by atoms with E-state index in [1.807, 2.05) is 37.3 Å². The molecule has 0 aliphatic rings. The first-order valence-electron chi connectivity index (χ1n) is 3.89. The van der Waals surface area contributed by atoms with Crippen LogP contribution in [-0.4, -0.2) is 0 Å². The predicted molar refractivity (Wildman–Crippen MR) is 47.7 cm³/mol. The van der Waals surface area contributed by atoms with E-state index < -0.39 is 0 Å². The Morgan fingerprint density at radius 2 is 2.17 bits per heavy atom. The van der Waals surface area contributed by atoms with Crippen LogP contribution in [0, 0.1) is 13.0 Å². The molecule has 0 aliphatic heterocycles. The molecule has 0 aliphatic carbocycles. The van der Waals surface area contributed by atoms with Crippen molar-refractivity contribution in [2.75, 3.05) is 0 Å². The van der Waals surface area contributed by atoms with E-state index in [0.29, 0.717) is 0 Å². The van der Waals surface area contributed by atoms with Gasteiger partial charge in [-0.3, -0.25) is 0 Å². The highest BCUT2D eigenvalue weighted by molar-refractivity contribution is 5.60. The van der Waals surface area contributed by atoms with E-state index in [9.17, 15) is 0 Å². The van der Waals surface area contributed by atoms with Gasteiger partial charge in [-0.05, 0) is 30.7 Å². The quantitative estimate of drug-likeness (QED) is 0.620. The van der Waals surface area contributed by atoms with Crippen molar-refractivity contribution in [3.8, 4) is 11.3 Å². The molecule has 1 nitrogen and oxygen atoms in total. The maximum atomic E-state index is 5.28. The normalized spacial score (nSPS) is 10.1. The average molecular weight is 157 g/mol. The first-order valence-corrected chi connectivity index (χ1v) is 3.89. The van der Waals surface area contributed by atoms with Crippen LogP contribution in [-0.2, 0) is 0 Å². The molecule has 0 N–H and O–H groups in total. The summed E-state index contributed by atoms with van der Waals surface area (Å²) in [6.07, 6.45) is 1.68. The van der Waals surface area contributed by atoms with Crippen molar-refractivity contribution in [2.24, 2.45) is 0 Å². The fourth-order valence-corrected chi connectivity index (χ4v) is 1.22. The minimum absolute atomic E-state index is 0.907. The van der Waals surface area contributed by atoms with Gasteiger partial charge >= 0.3 is 0 Å². The van der Waals surface area contributed by atoms with Crippen molar-refractivity contribution < 1.29 is 4.42 Å². The molecule has 1 heterocycles. The van der Waals surface area contributed by atoms with E-state index in [2.05, 4.69) is 6.07 Å². The summed E-state index contributed by atoms with van der Waals surface area (Å²) in [5.74, 6) is 0.907. The number of aryl methyl sites for hydroxylation is 1. The second-order valence-electron chi connectivity index (χ2n) is 2.69. The summed E-state index contributed by atoms with van der Waals surface area (Å²) < 4.78 is 5.28. The fraction of sp³-hybridized carbons (Fsp3) is 0.0909. The minimum atomic E-state index is 0.907. The van der Waals surface area contributed by atoms with E-state index in [0.717, 1.165) is 16.9 Å². The first kappa shape index (κ1) is 7.17. The van der Waals surface area contributed by atoms with Gasteiger partial charge in [-0.25, -0.2) is 0 Å². The summed E-state index contributed by atoms with van der Waals surface area (Å²) in [6.45, 7) is 2.03. The van der Waals surface area contributed by atoms with Crippen molar-refractivity contribution in [1.82, 2.24) is 0 Å². The van der Waals surface area contributed by atoms with Crippen LogP contribution in [0.3, 0.4) is 0 Å². The Morgan fingerprint density at radius 3 is 2.83 bits per heavy atom. The zero-order chi connectivity index (χ0) is 8.39. The van der Waals surface area contributed by atoms with Crippen LogP contribution in [0.2, 0.25) is 0 Å². The van der Waals surface area contributed by atoms with Crippen LogP contribution in [0.4, 0.5) is 0 Å². The molecule has 0 atom stereocenters. The highest BCUT2D eigenvalue weighted by Crippen LogP contribution is 2.22. The third-order valence-electron chi connectivity index (χ3n) is 1.85. The predicted octanol–water partition coefficient (Wildman–Crippen LogP) is 3.06. The molecule has 0 saturated heterocycles. The molecule has 1 aromatic carbocycles. The van der Waals surface area contributed by atoms with Crippen molar-refractivity contribution in [3.63, 3.8) is 0 Å². The summed E-state index contributed by atoms with van der Waals surface area (Å²) in [5, 5.41) is 0. The van der Waals surface area contributed by atoms with Crippen molar-refractivity contribution in [2.45, 2.75) is 6.92 Å². The Kier molecular flexibility index (Phi) is 1.71. The van der Waals surface area contributed by atoms with Gasteiger partial charge in [0.1, 0.15) is 5.76 Å². The van der Waals surface area contributed by atoms with Crippen molar-refractivity contribution >= 4 is 0 Å². The second kappa shape index (κ2) is 2.86. The van der Waals surface area contributed by atoms with Gasteiger partial charge in [0.05, 0.1) is 6.26 Å². The third kappa shape index (κ3) is 1.14. The molecule has 12 heavy (non-hydrogen) atoms. The lowest BCUT2D eigenvalue weighted by molar-refractivity contribution is 0.582. The standard InChI is InChI=1S/C11H9O/c1-9-5-2-3-6-10(9)11-7-4-8-12-11/h2-4,6-8H,1H3. The lowest BCUT2D eigenvalue weighted by Crippen LogP contribution is -1.78. The summed E-state index contributed by atoms with van der Waals surface area (Å²) in [4.78, 5) is 0. The molecule has 1 aromatic heterocycles. The number of benzene rings is 1. The first-order chi connectivity index (χ1) is 5.88. The Morgan fingerprint density at radius 1 is 1.25 bits per heavy atom. The van der Waals surface area contributed by atoms with E-state index in [4.69, 9.17) is 4.42 Å². The van der Waals surface area contributed by atoms with E-state index in [-0.39, 0.29) is 0 Å². The van der Waals surface area contributed by atoms with Crippen LogP contribution >= 0.6 is 0 Å². The van der Waals surface area contributed by atoms with Gasteiger partial charge in [0.25, 0.3) is 0 Å². The fourth-order valence-electron chi connectivity index (χ4n) is 1.22. The molecule has 2 aromatic rings. The molecule has 0 saturated carbocycles. The Hall–Kier alpha value is -1.50. The maximum absolute atomic E-state index is 5.28. The SMILES string of the molecule is Cc1[c]cccc1-c1ccco1. The van der Waals surface area contributed by atoms with Crippen molar-refractivity contribution in [1.29, 1.82) is 0 Å². The molecule has 1 heteroatoms. The van der Waals surface area contributed by atoms with Crippen LogP contribution in [0.5, 0.6) is 0 Å². The monoisotopic (exact) mass is 157 g/mol. The highest BCUT2D eigenvalue weighted by atomic mass is 16.3. The third-order valence-corrected chi connectivity index (χ3v) is 1.85. The summed E-state index contributed by atoms with van der Waals surface area (Å²) in [7, 11) is 0. The van der Waals surface area contributed by atoms with E-state index in [1.165, 1.54) is 0 Å². The van der Waals surface area contributed by atoms with Crippen LogP contribution in [0.25, 0.3) is 11.3 Å². The minimum Gasteiger partial charge on any atom is -0.464 e. The molecular weight excluding hydrogens is 148 g/mol. The zero-order valence-electron chi connectivity index (χ0n) is 6.87. The molecule has 0 unspecified atom stereocenters. The average Bonchev–Trinajstić information content (AvgIpc) is 2.57. The topological polar surface area (TPSA) is 13.1 Å². The van der Waals surface area contributed by atoms with Crippen LogP contribution < -0.4 is 0 Å². The lowest BCUT2D eigenvalue weighted by atomic mass is 10.1. The van der Waals surface area contributed by atoms with E-state index >= 15 is 0 Å². The maximum Gasteiger partial charge on any atom is 0.134 e. The smallest absolute Gasteiger partial charge is 0.134 e. The van der Waals surface area contributed by atoms with Crippen LogP contribution in [0.15, 0.2) is 41.0 Å². The van der Waals surface area contributed by atoms with Gasteiger partial charge in [-0.2, -0.15) is 0 Å². The summed E-state index contributed by atoms with van der Waals surface area (Å²) in [5.41, 5.74) is 2.23. The molecule has 0 bridgehead atoms. The number of rotatable bonds is 1. The summed E-state index contributed by atoms with van der Waals surface area (Å²) >= 11 is 0. The Balaban J connectivity index is 2.55. The second-order valence-corrected chi connectivity index (χ2v) is 2.69. The lowest BCUT2D eigenvalue weighted by Gasteiger charge is -1.99. The zero-order valence-corrected chi connectivity index (χ0v) is 6.87. The molecule has 2 rings (SSSR count). The van der Waals surface area contributed by atoms with Gasteiger partial charge in [-0.1, -0.05) is 18.2 Å². The van der Waals surface area contributed by atoms with Gasteiger partial charge in [0, 0.05) is 5.56 Å². The molecule has 0 spiro atoms. The molecule has 0 fully saturated rings. The number of hydrogen-bond donors (Lipinski definition) is 0. The van der Waals surface area contributed by atoms with E-state index in [1.54, 1.807) is 6.26 Å². The number of furan rings is 1. The van der Waals surface area contributed by atoms with Crippen molar-refractivity contribution in [3.05, 3.63) is 48.2 Å². The Bertz CT molecular complexity index is 360. The summed E-state index contributed by atoms with van der Waals surface area (Å²) in [6, 6.07) is 12.9. The highest BCUT2D eigenvalue weighted by Gasteiger charge is 2.01. The largest absolute Gasteiger partial charge is 0.464 e. The molecule has 59 valence electrons. The van der Waals surface area contributed by atoms with Gasteiger partial charge in [-0.15, -0.1) is 0 Å². The van der Waals surface area contributed by atoms with Gasteiger partial charge in [0.15, 0.2) is 0 Å². The number of hydrogen-bond acceptors (Lipinski definition) is 1.